The van der Waals surface area contributed by atoms with Crippen molar-refractivity contribution in [2.24, 2.45) is 4.99 Å². The first-order valence-corrected chi connectivity index (χ1v) is 14.3. The monoisotopic (exact) mass is 584 g/mol. The van der Waals surface area contributed by atoms with Crippen molar-refractivity contribution >= 4 is 35.0 Å². The van der Waals surface area contributed by atoms with Crippen molar-refractivity contribution < 1.29 is 23.7 Å². The van der Waals surface area contributed by atoms with Gasteiger partial charge >= 0.3 is 5.97 Å². The summed E-state index contributed by atoms with van der Waals surface area (Å²) in [5, 5.41) is 0.547. The highest BCUT2D eigenvalue weighted by molar-refractivity contribution is 7.07. The number of methoxy groups -OCH3 is 2. The van der Waals surface area contributed by atoms with Gasteiger partial charge in [0.2, 0.25) is 0 Å². The van der Waals surface area contributed by atoms with Crippen molar-refractivity contribution in [3.8, 4) is 11.5 Å². The number of unbranched alkanes of at least 4 members (excludes halogenated alkanes) is 2. The van der Waals surface area contributed by atoms with E-state index >= 15 is 0 Å². The van der Waals surface area contributed by atoms with E-state index in [1.54, 1.807) is 48.9 Å². The van der Waals surface area contributed by atoms with Crippen LogP contribution in [0, 0.1) is 0 Å². The van der Waals surface area contributed by atoms with Crippen LogP contribution in [0.5, 0.6) is 11.5 Å². The highest BCUT2D eigenvalue weighted by atomic mass is 35.5. The van der Waals surface area contributed by atoms with Crippen LogP contribution in [0.15, 0.2) is 63.5 Å². The van der Waals surface area contributed by atoms with Crippen LogP contribution < -0.4 is 24.4 Å². The van der Waals surface area contributed by atoms with Crippen LogP contribution in [0.2, 0.25) is 5.02 Å². The summed E-state index contributed by atoms with van der Waals surface area (Å²) in [4.78, 5) is 32.3. The second kappa shape index (κ2) is 13.8. The average molecular weight is 585 g/mol. The fraction of sp³-hybridized carbons (Fsp3) is 0.367. The number of para-hydroxylation sites is 1. The predicted octanol–water partition coefficient (Wildman–Crippen LogP) is 4.66. The summed E-state index contributed by atoms with van der Waals surface area (Å²) in [6.45, 7) is 4.77. The van der Waals surface area contributed by atoms with Gasteiger partial charge in [-0.3, -0.25) is 9.36 Å². The number of carbonyl (C=O) groups excluding carboxylic acids is 1. The molecule has 0 radical (unpaired) electrons. The molecule has 212 valence electrons. The second-order valence-corrected chi connectivity index (χ2v) is 10.6. The number of halogens is 1. The molecular weight excluding hydrogens is 552 g/mol. The first kappa shape index (κ1) is 29.6. The molecule has 40 heavy (non-hydrogen) atoms. The third-order valence-corrected chi connectivity index (χ3v) is 7.69. The number of hydrogen-bond acceptors (Lipinski definition) is 8. The number of carbonyl (C=O) groups is 1. The summed E-state index contributed by atoms with van der Waals surface area (Å²) < 4.78 is 24.1. The van der Waals surface area contributed by atoms with Gasteiger partial charge in [0.1, 0.15) is 6.61 Å². The number of fused-ring (bicyclic) bond motifs is 1. The van der Waals surface area contributed by atoms with Crippen LogP contribution in [0.3, 0.4) is 0 Å². The number of esters is 1. The molecule has 0 saturated heterocycles. The molecule has 10 heteroatoms. The Labute approximate surface area is 242 Å². The maximum Gasteiger partial charge on any atom is 0.338 e. The molecule has 0 bridgehead atoms. The van der Waals surface area contributed by atoms with Crippen molar-refractivity contribution in [1.29, 1.82) is 0 Å². The standard InChI is InChI=1S/C30H33ClN2O6S/c1-5-6-7-15-38-27-21(9-8-10-23(27)37-4)18-24-28(34)33-26(20-11-13-22(31)14-12-20)25(19(2)32-30(33)40-24)29(35)39-17-16-36-3/h8-14,18,26H,5-7,15-17H2,1-4H3. The molecule has 4 rings (SSSR count). The van der Waals surface area contributed by atoms with Gasteiger partial charge in [-0.15, -0.1) is 0 Å². The quantitative estimate of drug-likeness (QED) is 0.227. The molecule has 1 aliphatic rings. The fourth-order valence-electron chi connectivity index (χ4n) is 4.47. The van der Waals surface area contributed by atoms with Gasteiger partial charge in [0.25, 0.3) is 5.56 Å². The first-order chi connectivity index (χ1) is 19.4. The van der Waals surface area contributed by atoms with Crippen LogP contribution in [0.25, 0.3) is 6.08 Å². The van der Waals surface area contributed by atoms with Crippen molar-refractivity contribution in [2.75, 3.05) is 34.0 Å². The van der Waals surface area contributed by atoms with E-state index in [1.807, 2.05) is 18.2 Å². The van der Waals surface area contributed by atoms with Gasteiger partial charge in [0.05, 0.1) is 42.2 Å². The lowest BCUT2D eigenvalue weighted by molar-refractivity contribution is -0.140. The SMILES string of the molecule is CCCCCOc1c(C=c2sc3n(c2=O)C(c2ccc(Cl)cc2)C(C(=O)OCCOC)=C(C)N=3)cccc1OC. The molecule has 1 aromatic heterocycles. The van der Waals surface area contributed by atoms with Crippen LogP contribution in [0.1, 0.15) is 50.3 Å². The van der Waals surface area contributed by atoms with Gasteiger partial charge in [0.15, 0.2) is 16.3 Å². The summed E-state index contributed by atoms with van der Waals surface area (Å²) in [6, 6.07) is 11.9. The Balaban J connectivity index is 1.84. The van der Waals surface area contributed by atoms with Crippen LogP contribution in [-0.2, 0) is 14.3 Å². The number of rotatable bonds is 12. The molecule has 0 spiro atoms. The number of nitrogens with zero attached hydrogens (tertiary/aromatic N) is 2. The van der Waals surface area contributed by atoms with E-state index in [0.717, 1.165) is 24.8 Å². The molecule has 2 aromatic carbocycles. The van der Waals surface area contributed by atoms with Crippen LogP contribution in [-0.4, -0.2) is 44.6 Å². The number of thiazole rings is 1. The van der Waals surface area contributed by atoms with Gasteiger partial charge in [-0.25, -0.2) is 9.79 Å². The lowest BCUT2D eigenvalue weighted by Crippen LogP contribution is -2.40. The molecule has 0 aliphatic carbocycles. The number of benzene rings is 2. The molecule has 1 atom stereocenters. The zero-order chi connectivity index (χ0) is 28.6. The highest BCUT2D eigenvalue weighted by Crippen LogP contribution is 2.33. The summed E-state index contributed by atoms with van der Waals surface area (Å²) in [5.41, 5.74) is 1.93. The molecule has 0 fully saturated rings. The third-order valence-electron chi connectivity index (χ3n) is 6.46. The first-order valence-electron chi connectivity index (χ1n) is 13.1. The smallest absolute Gasteiger partial charge is 0.338 e. The van der Waals surface area contributed by atoms with E-state index in [1.165, 1.54) is 18.4 Å². The van der Waals surface area contributed by atoms with Gasteiger partial charge in [0, 0.05) is 17.7 Å². The molecule has 1 aliphatic heterocycles. The Bertz CT molecular complexity index is 1560. The van der Waals surface area contributed by atoms with Crippen LogP contribution >= 0.6 is 22.9 Å². The molecular formula is C30H33ClN2O6S. The Kier molecular flexibility index (Phi) is 10.2. The van der Waals surface area contributed by atoms with E-state index in [2.05, 4.69) is 11.9 Å². The van der Waals surface area contributed by atoms with E-state index in [0.29, 0.717) is 49.3 Å². The molecule has 2 heterocycles. The molecule has 0 amide bonds. The largest absolute Gasteiger partial charge is 0.493 e. The minimum absolute atomic E-state index is 0.0841. The topological polar surface area (TPSA) is 88.4 Å². The maximum atomic E-state index is 14.0. The molecule has 3 aromatic rings. The summed E-state index contributed by atoms with van der Waals surface area (Å²) in [7, 11) is 3.12. The fourth-order valence-corrected chi connectivity index (χ4v) is 5.63. The average Bonchev–Trinajstić information content (AvgIpc) is 3.25. The number of ether oxygens (including phenoxy) is 4. The summed E-state index contributed by atoms with van der Waals surface area (Å²) in [5.74, 6) is 0.622. The number of aromatic nitrogens is 1. The zero-order valence-corrected chi connectivity index (χ0v) is 24.6. The lowest BCUT2D eigenvalue weighted by atomic mass is 9.96. The van der Waals surface area contributed by atoms with E-state index in [4.69, 9.17) is 30.5 Å². The van der Waals surface area contributed by atoms with Gasteiger partial charge in [-0.1, -0.05) is 67.0 Å². The molecule has 1 unspecified atom stereocenters. The number of allylic oxidation sites excluding steroid dienone is 1. The lowest BCUT2D eigenvalue weighted by Gasteiger charge is -2.24. The van der Waals surface area contributed by atoms with E-state index < -0.39 is 12.0 Å². The Morgan fingerprint density at radius 1 is 1.10 bits per heavy atom. The van der Waals surface area contributed by atoms with Crippen molar-refractivity contribution in [1.82, 2.24) is 4.57 Å². The molecule has 8 nitrogen and oxygen atoms in total. The minimum Gasteiger partial charge on any atom is -0.493 e. The minimum atomic E-state index is -0.735. The van der Waals surface area contributed by atoms with Gasteiger partial charge < -0.3 is 18.9 Å². The van der Waals surface area contributed by atoms with E-state index in [9.17, 15) is 9.59 Å². The normalized spacial score (nSPS) is 15.0. The highest BCUT2D eigenvalue weighted by Gasteiger charge is 2.33. The molecule has 0 saturated carbocycles. The van der Waals surface area contributed by atoms with Gasteiger partial charge in [-0.2, -0.15) is 0 Å². The van der Waals surface area contributed by atoms with Crippen molar-refractivity contribution in [2.45, 2.75) is 39.2 Å². The van der Waals surface area contributed by atoms with Crippen molar-refractivity contribution in [3.05, 3.63) is 89.6 Å². The van der Waals surface area contributed by atoms with Crippen LogP contribution in [0.4, 0.5) is 0 Å². The Hall–Kier alpha value is -3.40. The summed E-state index contributed by atoms with van der Waals surface area (Å²) >= 11 is 7.40. The summed E-state index contributed by atoms with van der Waals surface area (Å²) in [6.07, 6.45) is 4.85. The van der Waals surface area contributed by atoms with E-state index in [-0.39, 0.29) is 18.8 Å². The Morgan fingerprint density at radius 3 is 2.58 bits per heavy atom. The Morgan fingerprint density at radius 2 is 1.88 bits per heavy atom. The second-order valence-electron chi connectivity index (χ2n) is 9.20. The van der Waals surface area contributed by atoms with Crippen molar-refractivity contribution in [3.63, 3.8) is 0 Å². The third kappa shape index (κ3) is 6.49. The number of hydrogen-bond donors (Lipinski definition) is 0. The maximum absolute atomic E-state index is 14.0. The zero-order valence-electron chi connectivity index (χ0n) is 23.1. The predicted molar refractivity (Wildman–Crippen MR) is 156 cm³/mol. The molecule has 0 N–H and O–H groups in total. The van der Waals surface area contributed by atoms with Gasteiger partial charge in [-0.05, 0) is 43.2 Å².